The van der Waals surface area contributed by atoms with Crippen LogP contribution in [0.2, 0.25) is 0 Å². The second-order valence-electron chi connectivity index (χ2n) is 8.13. The Balaban J connectivity index is 1.76. The summed E-state index contributed by atoms with van der Waals surface area (Å²) in [6.45, 7) is 0.562. The lowest BCUT2D eigenvalue weighted by Crippen LogP contribution is -2.25. The molecule has 2 N–H and O–H groups in total. The number of aryl methyl sites for hydroxylation is 1. The third kappa shape index (κ3) is 5.50. The summed E-state index contributed by atoms with van der Waals surface area (Å²) < 4.78 is 42.0. The second kappa shape index (κ2) is 10.8. The number of hydrogen-bond acceptors (Lipinski definition) is 6. The van der Waals surface area contributed by atoms with E-state index in [1.165, 1.54) is 59.8 Å². The van der Waals surface area contributed by atoms with Gasteiger partial charge in [-0.15, -0.1) is 0 Å². The third-order valence-electron chi connectivity index (χ3n) is 5.74. The molecule has 0 aliphatic heterocycles. The second-order valence-corrected chi connectivity index (χ2v) is 10.0. The molecule has 4 aromatic rings. The van der Waals surface area contributed by atoms with E-state index in [-0.39, 0.29) is 27.4 Å². The van der Waals surface area contributed by atoms with Crippen molar-refractivity contribution < 1.29 is 12.8 Å². The number of hydrogen-bond donors (Lipinski definition) is 2. The summed E-state index contributed by atoms with van der Waals surface area (Å²) in [5, 5.41) is 3.21. The monoisotopic (exact) mass is 507 g/mol. The smallest absolute Gasteiger partial charge is 0.263 e. The molecular weight excluding hydrogens is 481 g/mol. The summed E-state index contributed by atoms with van der Waals surface area (Å²) in [6.07, 6.45) is 3.01. The van der Waals surface area contributed by atoms with Crippen LogP contribution in [0, 0.1) is 5.82 Å². The Morgan fingerprint density at radius 1 is 1.03 bits per heavy atom. The van der Waals surface area contributed by atoms with Crippen molar-refractivity contribution in [2.45, 2.75) is 17.7 Å². The fourth-order valence-corrected chi connectivity index (χ4v) is 4.53. The van der Waals surface area contributed by atoms with Gasteiger partial charge in [-0.3, -0.25) is 14.3 Å². The first kappa shape index (κ1) is 25.2. The average molecular weight is 508 g/mol. The standard InChI is InChI=1S/C26H26FN5O3S/c1-28-36(34,35)21-14-16-29-22(17-21)24-23(19-10-12-20(27)13-11-19)25(33)32(2)26(31-24)30-15-6-9-18-7-4-3-5-8-18/h3-5,7-8,10-14,16-17,28H,6,9,15H2,1-2H3,(H,30,31). The van der Waals surface area contributed by atoms with Crippen LogP contribution in [-0.2, 0) is 23.5 Å². The summed E-state index contributed by atoms with van der Waals surface area (Å²) in [5.41, 5.74) is 1.87. The number of pyridine rings is 1. The zero-order chi connectivity index (χ0) is 25.7. The first-order valence-electron chi connectivity index (χ1n) is 11.3. The van der Waals surface area contributed by atoms with Gasteiger partial charge in [0, 0.05) is 19.8 Å². The quantitative estimate of drug-likeness (QED) is 0.336. The number of anilines is 1. The molecule has 2 aromatic carbocycles. The van der Waals surface area contributed by atoms with Crippen molar-refractivity contribution in [1.82, 2.24) is 19.3 Å². The Kier molecular flexibility index (Phi) is 7.56. The third-order valence-corrected chi connectivity index (χ3v) is 7.16. The summed E-state index contributed by atoms with van der Waals surface area (Å²) in [5.74, 6) is -0.125. The van der Waals surface area contributed by atoms with Crippen LogP contribution in [0.25, 0.3) is 22.5 Å². The minimum Gasteiger partial charge on any atom is -0.356 e. The van der Waals surface area contributed by atoms with Gasteiger partial charge in [0.25, 0.3) is 5.56 Å². The van der Waals surface area contributed by atoms with Crippen molar-refractivity contribution in [3.05, 3.63) is 94.7 Å². The molecule has 186 valence electrons. The molecule has 2 aromatic heterocycles. The first-order chi connectivity index (χ1) is 17.3. The summed E-state index contributed by atoms with van der Waals surface area (Å²) >= 11 is 0. The summed E-state index contributed by atoms with van der Waals surface area (Å²) in [7, 11) is -0.839. The summed E-state index contributed by atoms with van der Waals surface area (Å²) in [4.78, 5) is 22.5. The zero-order valence-electron chi connectivity index (χ0n) is 19.9. The molecule has 10 heteroatoms. The van der Waals surface area contributed by atoms with Gasteiger partial charge in [-0.25, -0.2) is 22.5 Å². The Morgan fingerprint density at radius 3 is 2.44 bits per heavy atom. The van der Waals surface area contributed by atoms with Crippen LogP contribution in [0.4, 0.5) is 10.3 Å². The van der Waals surface area contributed by atoms with Crippen molar-refractivity contribution >= 4 is 16.0 Å². The van der Waals surface area contributed by atoms with Gasteiger partial charge in [0.15, 0.2) is 0 Å². The normalized spacial score (nSPS) is 11.4. The molecule has 4 rings (SSSR count). The van der Waals surface area contributed by atoms with Crippen LogP contribution >= 0.6 is 0 Å². The van der Waals surface area contributed by atoms with Crippen molar-refractivity contribution in [2.75, 3.05) is 18.9 Å². The van der Waals surface area contributed by atoms with E-state index in [4.69, 9.17) is 0 Å². The number of nitrogens with one attached hydrogen (secondary N) is 2. The van der Waals surface area contributed by atoms with E-state index < -0.39 is 15.8 Å². The Morgan fingerprint density at radius 2 is 1.75 bits per heavy atom. The van der Waals surface area contributed by atoms with E-state index in [0.717, 1.165) is 12.8 Å². The minimum absolute atomic E-state index is 0.0140. The number of sulfonamides is 1. The van der Waals surface area contributed by atoms with Gasteiger partial charge in [-0.1, -0.05) is 42.5 Å². The number of halogens is 1. The molecular formula is C26H26FN5O3S. The molecule has 0 saturated heterocycles. The Hall–Kier alpha value is -3.89. The van der Waals surface area contributed by atoms with Crippen LogP contribution in [-0.4, -0.2) is 36.5 Å². The molecule has 0 amide bonds. The summed E-state index contributed by atoms with van der Waals surface area (Å²) in [6, 6.07) is 18.3. The predicted octanol–water partition coefficient (Wildman–Crippen LogP) is 3.60. The fraction of sp³-hybridized carbons (Fsp3) is 0.192. The van der Waals surface area contributed by atoms with Crippen molar-refractivity contribution in [1.29, 1.82) is 0 Å². The highest BCUT2D eigenvalue weighted by atomic mass is 32.2. The van der Waals surface area contributed by atoms with Crippen LogP contribution in [0.15, 0.2) is 82.6 Å². The van der Waals surface area contributed by atoms with E-state index in [9.17, 15) is 17.6 Å². The molecule has 0 aliphatic carbocycles. The van der Waals surface area contributed by atoms with Crippen LogP contribution in [0.1, 0.15) is 12.0 Å². The molecule has 0 unspecified atom stereocenters. The largest absolute Gasteiger partial charge is 0.356 e. The molecule has 0 aliphatic rings. The van der Waals surface area contributed by atoms with Gasteiger partial charge in [-0.05, 0) is 55.3 Å². The lowest BCUT2D eigenvalue weighted by molar-refractivity contribution is 0.588. The maximum atomic E-state index is 13.6. The Labute approximate surface area is 208 Å². The number of nitrogens with zero attached hydrogens (tertiary/aromatic N) is 3. The van der Waals surface area contributed by atoms with Gasteiger partial charge >= 0.3 is 0 Å². The van der Waals surface area contributed by atoms with E-state index in [2.05, 4.69) is 32.1 Å². The first-order valence-corrected chi connectivity index (χ1v) is 12.8. The molecule has 0 spiro atoms. The van der Waals surface area contributed by atoms with Crippen LogP contribution < -0.4 is 15.6 Å². The van der Waals surface area contributed by atoms with E-state index in [0.29, 0.717) is 18.1 Å². The highest BCUT2D eigenvalue weighted by molar-refractivity contribution is 7.89. The molecule has 0 fully saturated rings. The van der Waals surface area contributed by atoms with Gasteiger partial charge in [0.1, 0.15) is 11.5 Å². The van der Waals surface area contributed by atoms with E-state index in [1.54, 1.807) is 7.05 Å². The van der Waals surface area contributed by atoms with Crippen molar-refractivity contribution in [2.24, 2.45) is 7.05 Å². The van der Waals surface area contributed by atoms with Gasteiger partial charge < -0.3 is 5.32 Å². The molecule has 36 heavy (non-hydrogen) atoms. The van der Waals surface area contributed by atoms with Crippen molar-refractivity contribution in [3.8, 4) is 22.5 Å². The topological polar surface area (TPSA) is 106 Å². The molecule has 0 bridgehead atoms. The highest BCUT2D eigenvalue weighted by Crippen LogP contribution is 2.29. The molecule has 2 heterocycles. The number of rotatable bonds is 9. The van der Waals surface area contributed by atoms with Gasteiger partial charge in [0.05, 0.1) is 16.2 Å². The maximum absolute atomic E-state index is 13.6. The molecule has 0 atom stereocenters. The molecule has 0 radical (unpaired) electrons. The average Bonchev–Trinajstić information content (AvgIpc) is 2.90. The highest BCUT2D eigenvalue weighted by Gasteiger charge is 2.21. The lowest BCUT2D eigenvalue weighted by Gasteiger charge is -2.16. The lowest BCUT2D eigenvalue weighted by atomic mass is 10.0. The molecule has 8 nitrogen and oxygen atoms in total. The maximum Gasteiger partial charge on any atom is 0.263 e. The number of aromatic nitrogens is 3. The van der Waals surface area contributed by atoms with Crippen LogP contribution in [0.3, 0.4) is 0 Å². The number of benzene rings is 2. The van der Waals surface area contributed by atoms with Crippen LogP contribution in [0.5, 0.6) is 0 Å². The van der Waals surface area contributed by atoms with Gasteiger partial charge in [0.2, 0.25) is 16.0 Å². The zero-order valence-corrected chi connectivity index (χ0v) is 20.7. The minimum atomic E-state index is -3.75. The van der Waals surface area contributed by atoms with Gasteiger partial charge in [-0.2, -0.15) is 0 Å². The SMILES string of the molecule is CNS(=O)(=O)c1ccnc(-c2nc(NCCCc3ccccc3)n(C)c(=O)c2-c2ccc(F)cc2)c1. The van der Waals surface area contributed by atoms with E-state index in [1.807, 2.05) is 18.2 Å². The Bertz CT molecular complexity index is 1520. The molecule has 0 saturated carbocycles. The van der Waals surface area contributed by atoms with Crippen molar-refractivity contribution in [3.63, 3.8) is 0 Å². The van der Waals surface area contributed by atoms with E-state index >= 15 is 0 Å². The predicted molar refractivity (Wildman–Crippen MR) is 138 cm³/mol. The fourth-order valence-electron chi connectivity index (χ4n) is 3.79.